The van der Waals surface area contributed by atoms with Gasteiger partial charge in [0, 0.05) is 12.5 Å². The number of hydrogen-bond donors (Lipinski definition) is 3. The third-order valence-electron chi connectivity index (χ3n) is 3.31. The van der Waals surface area contributed by atoms with Gasteiger partial charge in [-0.15, -0.1) is 0 Å². The zero-order valence-corrected chi connectivity index (χ0v) is 10.8. The Morgan fingerprint density at radius 2 is 2.00 bits per heavy atom. The molecule has 1 aliphatic rings. The van der Waals surface area contributed by atoms with Gasteiger partial charge >= 0.3 is 12.0 Å². The molecule has 0 aromatic heterocycles. The van der Waals surface area contributed by atoms with Crippen molar-refractivity contribution in [2.24, 2.45) is 5.92 Å². The molecule has 1 saturated carbocycles. The van der Waals surface area contributed by atoms with Crippen LogP contribution in [0, 0.1) is 5.92 Å². The van der Waals surface area contributed by atoms with E-state index in [2.05, 4.69) is 10.6 Å². The number of nitrogens with one attached hydrogen (secondary N) is 2. The van der Waals surface area contributed by atoms with Crippen molar-refractivity contribution in [1.29, 1.82) is 0 Å². The summed E-state index contributed by atoms with van der Waals surface area (Å²) in [6.07, 6.45) is 1.24. The number of carboxylic acid groups (broad SMARTS) is 1. The fourth-order valence-corrected chi connectivity index (χ4v) is 1.94. The van der Waals surface area contributed by atoms with Crippen molar-refractivity contribution in [1.82, 2.24) is 10.6 Å². The standard InChI is InChI=1S/C14H18N2O3/c1-9-7-11(9)15-14(19)16-12(13(17)18)8-10-5-3-2-4-6-10/h2-6,9,11-12H,7-8H2,1H3,(H,17,18)(H2,15,16,19). The van der Waals surface area contributed by atoms with Crippen LogP contribution in [0.2, 0.25) is 0 Å². The maximum atomic E-state index is 11.7. The fourth-order valence-electron chi connectivity index (χ4n) is 1.94. The van der Waals surface area contributed by atoms with Gasteiger partial charge in [-0.05, 0) is 17.9 Å². The first-order valence-electron chi connectivity index (χ1n) is 6.40. The molecule has 2 amide bonds. The average Bonchev–Trinajstić information content (AvgIpc) is 3.05. The zero-order chi connectivity index (χ0) is 13.8. The van der Waals surface area contributed by atoms with Gasteiger partial charge in [-0.3, -0.25) is 0 Å². The Labute approximate surface area is 112 Å². The number of aliphatic carboxylic acids is 1. The normalized spacial score (nSPS) is 22.4. The van der Waals surface area contributed by atoms with Gasteiger partial charge in [0.05, 0.1) is 0 Å². The predicted molar refractivity (Wildman–Crippen MR) is 70.8 cm³/mol. The van der Waals surface area contributed by atoms with Crippen molar-refractivity contribution in [3.63, 3.8) is 0 Å². The van der Waals surface area contributed by atoms with E-state index in [0.717, 1.165) is 12.0 Å². The summed E-state index contributed by atoms with van der Waals surface area (Å²) in [5.74, 6) is -0.536. The molecule has 2 rings (SSSR count). The van der Waals surface area contributed by atoms with E-state index in [0.29, 0.717) is 5.92 Å². The first kappa shape index (κ1) is 13.4. The summed E-state index contributed by atoms with van der Waals surface area (Å²) < 4.78 is 0. The summed E-state index contributed by atoms with van der Waals surface area (Å²) in [6, 6.07) is 8.13. The molecule has 0 aliphatic heterocycles. The molecular weight excluding hydrogens is 244 g/mol. The molecule has 1 aromatic rings. The minimum Gasteiger partial charge on any atom is -0.480 e. The van der Waals surface area contributed by atoms with Gasteiger partial charge in [0.15, 0.2) is 0 Å². The largest absolute Gasteiger partial charge is 0.480 e. The molecule has 5 nitrogen and oxygen atoms in total. The lowest BCUT2D eigenvalue weighted by Gasteiger charge is -2.15. The lowest BCUT2D eigenvalue weighted by atomic mass is 10.1. The number of hydrogen-bond acceptors (Lipinski definition) is 2. The van der Waals surface area contributed by atoms with Crippen LogP contribution in [-0.4, -0.2) is 29.2 Å². The molecule has 3 unspecified atom stereocenters. The number of carboxylic acids is 1. The van der Waals surface area contributed by atoms with Crippen molar-refractivity contribution in [3.8, 4) is 0 Å². The van der Waals surface area contributed by atoms with Crippen molar-refractivity contribution < 1.29 is 14.7 Å². The maximum absolute atomic E-state index is 11.7. The Hall–Kier alpha value is -2.04. The summed E-state index contributed by atoms with van der Waals surface area (Å²) in [5, 5.41) is 14.4. The number of carbonyl (C=O) groups is 2. The van der Waals surface area contributed by atoms with Gasteiger partial charge in [0.1, 0.15) is 6.04 Å². The minimum atomic E-state index is -1.03. The summed E-state index contributed by atoms with van der Waals surface area (Å²) in [4.78, 5) is 22.8. The highest BCUT2D eigenvalue weighted by molar-refractivity contribution is 5.83. The van der Waals surface area contributed by atoms with Crippen LogP contribution in [0.15, 0.2) is 30.3 Å². The molecule has 0 heterocycles. The Morgan fingerprint density at radius 1 is 1.37 bits per heavy atom. The van der Waals surface area contributed by atoms with E-state index in [9.17, 15) is 9.59 Å². The highest BCUT2D eigenvalue weighted by Crippen LogP contribution is 2.28. The lowest BCUT2D eigenvalue weighted by Crippen LogP contribution is -2.47. The van der Waals surface area contributed by atoms with Crippen molar-refractivity contribution in [2.75, 3.05) is 0 Å². The minimum absolute atomic E-state index is 0.186. The maximum Gasteiger partial charge on any atom is 0.326 e. The second-order valence-electron chi connectivity index (χ2n) is 5.02. The zero-order valence-electron chi connectivity index (χ0n) is 10.8. The fraction of sp³-hybridized carbons (Fsp3) is 0.429. The molecule has 0 saturated heterocycles. The van der Waals surface area contributed by atoms with E-state index in [1.54, 1.807) is 0 Å². The number of carbonyl (C=O) groups excluding carboxylic acids is 1. The molecule has 0 spiro atoms. The lowest BCUT2D eigenvalue weighted by molar-refractivity contribution is -0.139. The highest BCUT2D eigenvalue weighted by Gasteiger charge is 2.34. The van der Waals surface area contributed by atoms with Crippen LogP contribution < -0.4 is 10.6 Å². The van der Waals surface area contributed by atoms with Crippen LogP contribution in [0.3, 0.4) is 0 Å². The summed E-state index contributed by atoms with van der Waals surface area (Å²) in [6.45, 7) is 2.05. The number of rotatable bonds is 5. The molecule has 19 heavy (non-hydrogen) atoms. The van der Waals surface area contributed by atoms with E-state index >= 15 is 0 Å². The molecule has 0 bridgehead atoms. The number of urea groups is 1. The van der Waals surface area contributed by atoms with E-state index in [1.807, 2.05) is 37.3 Å². The first-order chi connectivity index (χ1) is 9.06. The number of amides is 2. The summed E-state index contributed by atoms with van der Waals surface area (Å²) in [5.41, 5.74) is 0.884. The molecule has 3 atom stereocenters. The van der Waals surface area contributed by atoms with Gasteiger partial charge in [0.25, 0.3) is 0 Å². The molecule has 1 aromatic carbocycles. The summed E-state index contributed by atoms with van der Waals surface area (Å²) in [7, 11) is 0. The Kier molecular flexibility index (Phi) is 4.04. The monoisotopic (exact) mass is 262 g/mol. The molecule has 102 valence electrons. The van der Waals surface area contributed by atoms with Gasteiger partial charge in [-0.25, -0.2) is 9.59 Å². The van der Waals surface area contributed by atoms with Gasteiger partial charge in [0.2, 0.25) is 0 Å². The summed E-state index contributed by atoms with van der Waals surface area (Å²) >= 11 is 0. The third kappa shape index (κ3) is 3.98. The van der Waals surface area contributed by atoms with Crippen LogP contribution in [-0.2, 0) is 11.2 Å². The Bertz CT molecular complexity index is 461. The van der Waals surface area contributed by atoms with Crippen molar-refractivity contribution >= 4 is 12.0 Å². The molecule has 3 N–H and O–H groups in total. The van der Waals surface area contributed by atoms with Gasteiger partial charge in [-0.2, -0.15) is 0 Å². The topological polar surface area (TPSA) is 78.4 Å². The predicted octanol–water partition coefficient (Wildman–Crippen LogP) is 1.39. The Balaban J connectivity index is 1.89. The first-order valence-corrected chi connectivity index (χ1v) is 6.40. The third-order valence-corrected chi connectivity index (χ3v) is 3.31. The second kappa shape index (κ2) is 5.73. The smallest absolute Gasteiger partial charge is 0.326 e. The van der Waals surface area contributed by atoms with E-state index in [4.69, 9.17) is 5.11 Å². The van der Waals surface area contributed by atoms with Gasteiger partial charge < -0.3 is 15.7 Å². The van der Waals surface area contributed by atoms with Crippen molar-refractivity contribution in [2.45, 2.75) is 31.8 Å². The molecular formula is C14H18N2O3. The van der Waals surface area contributed by atoms with Crippen LogP contribution in [0.4, 0.5) is 4.79 Å². The quantitative estimate of drug-likeness (QED) is 0.750. The van der Waals surface area contributed by atoms with Crippen molar-refractivity contribution in [3.05, 3.63) is 35.9 Å². The second-order valence-corrected chi connectivity index (χ2v) is 5.02. The highest BCUT2D eigenvalue weighted by atomic mass is 16.4. The van der Waals surface area contributed by atoms with Crippen LogP contribution in [0.5, 0.6) is 0 Å². The Morgan fingerprint density at radius 3 is 2.53 bits per heavy atom. The molecule has 1 aliphatic carbocycles. The van der Waals surface area contributed by atoms with Crippen LogP contribution in [0.25, 0.3) is 0 Å². The van der Waals surface area contributed by atoms with Crippen LogP contribution >= 0.6 is 0 Å². The van der Waals surface area contributed by atoms with E-state index in [1.165, 1.54) is 0 Å². The molecule has 0 radical (unpaired) electrons. The van der Waals surface area contributed by atoms with Gasteiger partial charge in [-0.1, -0.05) is 37.3 Å². The van der Waals surface area contributed by atoms with E-state index < -0.39 is 18.0 Å². The average molecular weight is 262 g/mol. The SMILES string of the molecule is CC1CC1NC(=O)NC(Cc1ccccc1)C(=O)O. The molecule has 5 heteroatoms. The van der Waals surface area contributed by atoms with Crippen LogP contribution in [0.1, 0.15) is 18.9 Å². The van der Waals surface area contributed by atoms with E-state index in [-0.39, 0.29) is 12.5 Å². The molecule has 1 fully saturated rings. The number of benzene rings is 1.